The Balaban J connectivity index is 2.60. The van der Waals surface area contributed by atoms with Crippen LogP contribution in [0.2, 0.25) is 0 Å². The quantitative estimate of drug-likeness (QED) is 0.567. The molecule has 18 heavy (non-hydrogen) atoms. The lowest BCUT2D eigenvalue weighted by Gasteiger charge is -2.26. The molecule has 102 valence electrons. The molecule has 1 rings (SSSR count). The fourth-order valence-electron chi connectivity index (χ4n) is 1.81. The lowest BCUT2D eigenvalue weighted by molar-refractivity contribution is -0.111. The third kappa shape index (κ3) is 4.14. The van der Waals surface area contributed by atoms with Crippen molar-refractivity contribution in [3.63, 3.8) is 0 Å². The second-order valence-electron chi connectivity index (χ2n) is 5.32. The number of likely N-dealkylation sites (tertiary alicyclic amines) is 1. The fraction of sp³-hybridized carbons (Fsp3) is 0.692. The number of rotatable bonds is 4. The minimum absolute atomic E-state index is 0.134. The van der Waals surface area contributed by atoms with Crippen LogP contribution in [0.1, 0.15) is 27.2 Å². The minimum atomic E-state index is -0.565. The lowest BCUT2D eigenvalue weighted by Crippen LogP contribution is -2.40. The molecule has 0 N–H and O–H groups in total. The molecular formula is C13H21NO4. The van der Waals surface area contributed by atoms with Crippen LogP contribution in [-0.2, 0) is 14.3 Å². The standard InChI is InChI=1S/C13H21NO4/c1-5-6-17-11-7-10(9-15)14(8-11)12(16)18-13(2,3)4/h5,9-11H,1,6-8H2,2-4H3/t10?,11-/m1/s1. The van der Waals surface area contributed by atoms with Crippen LogP contribution in [0.5, 0.6) is 0 Å². The summed E-state index contributed by atoms with van der Waals surface area (Å²) in [6.07, 6.45) is 2.32. The first kappa shape index (κ1) is 14.7. The van der Waals surface area contributed by atoms with E-state index in [1.165, 1.54) is 4.90 Å². The maximum atomic E-state index is 11.9. The molecule has 1 fully saturated rings. The Morgan fingerprint density at radius 1 is 1.50 bits per heavy atom. The molecule has 1 aliphatic heterocycles. The summed E-state index contributed by atoms with van der Waals surface area (Å²) >= 11 is 0. The molecule has 1 saturated heterocycles. The normalized spacial score (nSPS) is 23.8. The highest BCUT2D eigenvalue weighted by atomic mass is 16.6. The zero-order valence-corrected chi connectivity index (χ0v) is 11.2. The van der Waals surface area contributed by atoms with Crippen molar-refractivity contribution in [1.29, 1.82) is 0 Å². The van der Waals surface area contributed by atoms with Gasteiger partial charge in [0.25, 0.3) is 0 Å². The molecule has 0 aliphatic carbocycles. The monoisotopic (exact) mass is 255 g/mol. The molecular weight excluding hydrogens is 234 g/mol. The van der Waals surface area contributed by atoms with E-state index in [4.69, 9.17) is 9.47 Å². The van der Waals surface area contributed by atoms with E-state index in [1.54, 1.807) is 26.8 Å². The smallest absolute Gasteiger partial charge is 0.410 e. The Morgan fingerprint density at radius 2 is 2.17 bits per heavy atom. The summed E-state index contributed by atoms with van der Waals surface area (Å²) in [6.45, 7) is 9.74. The number of carbonyl (C=O) groups excluding carboxylic acids is 2. The van der Waals surface area contributed by atoms with Crippen molar-refractivity contribution in [2.24, 2.45) is 0 Å². The maximum Gasteiger partial charge on any atom is 0.410 e. The second kappa shape index (κ2) is 6.00. The Kier molecular flexibility index (Phi) is 4.90. The molecule has 0 spiro atoms. The number of hydrogen-bond donors (Lipinski definition) is 0. The van der Waals surface area contributed by atoms with Crippen LogP contribution in [0.15, 0.2) is 12.7 Å². The average molecular weight is 255 g/mol. The molecule has 0 aromatic rings. The summed E-state index contributed by atoms with van der Waals surface area (Å²) in [5.41, 5.74) is -0.565. The van der Waals surface area contributed by atoms with Gasteiger partial charge in [-0.25, -0.2) is 4.79 Å². The molecule has 0 saturated carbocycles. The number of hydrogen-bond acceptors (Lipinski definition) is 4. The molecule has 0 bridgehead atoms. The summed E-state index contributed by atoms with van der Waals surface area (Å²) in [6, 6.07) is -0.463. The summed E-state index contributed by atoms with van der Waals surface area (Å²) < 4.78 is 10.7. The molecule has 1 amide bonds. The fourth-order valence-corrected chi connectivity index (χ4v) is 1.81. The molecule has 2 atom stereocenters. The van der Waals surface area contributed by atoms with Crippen LogP contribution < -0.4 is 0 Å². The number of ether oxygens (including phenoxy) is 2. The van der Waals surface area contributed by atoms with Crippen molar-refractivity contribution < 1.29 is 19.1 Å². The van der Waals surface area contributed by atoms with Gasteiger partial charge in [-0.05, 0) is 20.8 Å². The Bertz CT molecular complexity index is 321. The van der Waals surface area contributed by atoms with Gasteiger partial charge in [0, 0.05) is 6.42 Å². The minimum Gasteiger partial charge on any atom is -0.444 e. The molecule has 5 nitrogen and oxygen atoms in total. The van der Waals surface area contributed by atoms with Crippen molar-refractivity contribution >= 4 is 12.4 Å². The predicted octanol–water partition coefficient (Wildman–Crippen LogP) is 1.77. The molecule has 1 aliphatic rings. The topological polar surface area (TPSA) is 55.8 Å². The van der Waals surface area contributed by atoms with E-state index < -0.39 is 17.7 Å². The Morgan fingerprint density at radius 3 is 2.67 bits per heavy atom. The molecule has 0 radical (unpaired) electrons. The van der Waals surface area contributed by atoms with Crippen LogP contribution in [0.25, 0.3) is 0 Å². The first-order valence-corrected chi connectivity index (χ1v) is 6.05. The van der Waals surface area contributed by atoms with E-state index in [1.807, 2.05) is 0 Å². The van der Waals surface area contributed by atoms with Crippen LogP contribution in [0.3, 0.4) is 0 Å². The summed E-state index contributed by atoms with van der Waals surface area (Å²) in [5, 5.41) is 0. The number of nitrogens with zero attached hydrogens (tertiary/aromatic N) is 1. The van der Waals surface area contributed by atoms with Crippen LogP contribution in [0.4, 0.5) is 4.79 Å². The number of amides is 1. The average Bonchev–Trinajstić information content (AvgIpc) is 2.67. The van der Waals surface area contributed by atoms with E-state index in [0.717, 1.165) is 6.29 Å². The van der Waals surface area contributed by atoms with Gasteiger partial charge in [0.05, 0.1) is 25.3 Å². The Labute approximate surface area is 108 Å². The molecule has 0 aromatic heterocycles. The van der Waals surface area contributed by atoms with Crippen LogP contribution in [0, 0.1) is 0 Å². The van der Waals surface area contributed by atoms with E-state index >= 15 is 0 Å². The number of carbonyl (C=O) groups is 2. The van der Waals surface area contributed by atoms with Crippen LogP contribution >= 0.6 is 0 Å². The zero-order valence-electron chi connectivity index (χ0n) is 11.2. The van der Waals surface area contributed by atoms with Gasteiger partial charge < -0.3 is 14.3 Å². The van der Waals surface area contributed by atoms with Crippen molar-refractivity contribution in [3.05, 3.63) is 12.7 Å². The van der Waals surface area contributed by atoms with Crippen molar-refractivity contribution in [3.8, 4) is 0 Å². The van der Waals surface area contributed by atoms with E-state index in [-0.39, 0.29) is 6.10 Å². The molecule has 1 heterocycles. The SMILES string of the molecule is C=CCO[C@@H]1CC(C=O)N(C(=O)OC(C)(C)C)C1. The first-order chi connectivity index (χ1) is 8.37. The second-order valence-corrected chi connectivity index (χ2v) is 5.32. The van der Waals surface area contributed by atoms with Gasteiger partial charge in [-0.1, -0.05) is 6.08 Å². The van der Waals surface area contributed by atoms with Crippen LogP contribution in [-0.4, -0.2) is 48.2 Å². The molecule has 5 heteroatoms. The highest BCUT2D eigenvalue weighted by molar-refractivity contribution is 5.74. The third-order valence-electron chi connectivity index (χ3n) is 2.54. The van der Waals surface area contributed by atoms with Gasteiger partial charge in [-0.15, -0.1) is 6.58 Å². The molecule has 0 aromatic carbocycles. The molecule has 1 unspecified atom stereocenters. The van der Waals surface area contributed by atoms with Gasteiger partial charge in [-0.2, -0.15) is 0 Å². The van der Waals surface area contributed by atoms with Gasteiger partial charge in [0.2, 0.25) is 0 Å². The lowest BCUT2D eigenvalue weighted by atomic mass is 10.2. The maximum absolute atomic E-state index is 11.9. The highest BCUT2D eigenvalue weighted by Gasteiger charge is 2.37. The largest absolute Gasteiger partial charge is 0.444 e. The highest BCUT2D eigenvalue weighted by Crippen LogP contribution is 2.22. The first-order valence-electron chi connectivity index (χ1n) is 6.05. The van der Waals surface area contributed by atoms with Gasteiger partial charge in [-0.3, -0.25) is 4.90 Å². The van der Waals surface area contributed by atoms with E-state index in [9.17, 15) is 9.59 Å². The predicted molar refractivity (Wildman–Crippen MR) is 67.3 cm³/mol. The Hall–Kier alpha value is -1.36. The van der Waals surface area contributed by atoms with Crippen molar-refractivity contribution in [1.82, 2.24) is 4.90 Å². The third-order valence-corrected chi connectivity index (χ3v) is 2.54. The van der Waals surface area contributed by atoms with Crippen molar-refractivity contribution in [2.75, 3.05) is 13.2 Å². The summed E-state index contributed by atoms with van der Waals surface area (Å²) in [4.78, 5) is 24.3. The van der Waals surface area contributed by atoms with E-state index in [2.05, 4.69) is 6.58 Å². The number of aldehydes is 1. The summed E-state index contributed by atoms with van der Waals surface area (Å²) in [5.74, 6) is 0. The van der Waals surface area contributed by atoms with Crippen molar-refractivity contribution in [2.45, 2.75) is 44.9 Å². The van der Waals surface area contributed by atoms with E-state index in [0.29, 0.717) is 19.6 Å². The van der Waals surface area contributed by atoms with Gasteiger partial charge >= 0.3 is 6.09 Å². The zero-order chi connectivity index (χ0) is 13.8. The van der Waals surface area contributed by atoms with Gasteiger partial charge in [0.1, 0.15) is 11.9 Å². The van der Waals surface area contributed by atoms with Gasteiger partial charge in [0.15, 0.2) is 0 Å². The summed E-state index contributed by atoms with van der Waals surface area (Å²) in [7, 11) is 0.